The van der Waals surface area contributed by atoms with E-state index < -0.39 is 33.1 Å². The topological polar surface area (TPSA) is 95.8 Å². The molecule has 2 aromatic carbocycles. The number of likely N-dealkylation sites (N-methyl/N-ethyl adjacent to an activating group) is 1. The molecule has 0 aliphatic carbocycles. The van der Waals surface area contributed by atoms with Crippen molar-refractivity contribution in [3.63, 3.8) is 0 Å². The molecule has 0 unspecified atom stereocenters. The van der Waals surface area contributed by atoms with Crippen LogP contribution in [0.15, 0.2) is 47.5 Å². The average Bonchev–Trinajstić information content (AvgIpc) is 3.64. The summed E-state index contributed by atoms with van der Waals surface area (Å²) in [5.74, 6) is -0.523. The van der Waals surface area contributed by atoms with Crippen LogP contribution in [-0.4, -0.2) is 76.1 Å². The molecule has 0 saturated carbocycles. The first kappa shape index (κ1) is 29.6. The van der Waals surface area contributed by atoms with E-state index in [2.05, 4.69) is 5.10 Å². The molecule has 0 N–H and O–H groups in total. The van der Waals surface area contributed by atoms with Crippen molar-refractivity contribution in [2.75, 3.05) is 33.2 Å². The first-order valence-electron chi connectivity index (χ1n) is 12.6. The van der Waals surface area contributed by atoms with Gasteiger partial charge in [0, 0.05) is 43.6 Å². The number of amides is 2. The van der Waals surface area contributed by atoms with Crippen LogP contribution in [0.4, 0.5) is 18.0 Å². The van der Waals surface area contributed by atoms with E-state index in [1.54, 1.807) is 24.3 Å². The number of halogens is 4. The number of imide groups is 1. The number of hydrogen-bond acceptors (Lipinski definition) is 6. The molecule has 0 bridgehead atoms. The van der Waals surface area contributed by atoms with Gasteiger partial charge in [-0.15, -0.1) is 0 Å². The second-order valence-corrected chi connectivity index (χ2v) is 13.2. The normalized spacial score (nSPS) is 18.1. The molecule has 0 radical (unpaired) electrons. The van der Waals surface area contributed by atoms with E-state index in [0.29, 0.717) is 29.6 Å². The van der Waals surface area contributed by atoms with Crippen LogP contribution in [0, 0.1) is 0 Å². The van der Waals surface area contributed by atoms with E-state index in [0.717, 1.165) is 39.9 Å². The molecule has 3 heterocycles. The van der Waals surface area contributed by atoms with E-state index in [1.165, 1.54) is 34.4 Å². The van der Waals surface area contributed by atoms with Crippen molar-refractivity contribution in [2.24, 2.45) is 0 Å². The maximum absolute atomic E-state index is 13.5. The summed E-state index contributed by atoms with van der Waals surface area (Å²) in [6.07, 6.45) is 0.0895. The maximum Gasteiger partial charge on any atom is 0.416 e. The number of nitrogens with zero attached hydrogens (tertiary/aromatic N) is 5. The SMILES string of the molecule is CN(CCN1C(=O)S/C(=C\c2ccc3c(cnn3Cc3ccc(Cl)cc3C(F)(F)F)c2)C1=O)S(=O)(=O)N1CCCC1. The Morgan fingerprint density at radius 3 is 2.56 bits per heavy atom. The number of fused-ring (bicyclic) bond motifs is 1. The van der Waals surface area contributed by atoms with Crippen molar-refractivity contribution in [3.05, 3.63) is 69.2 Å². The minimum atomic E-state index is -4.57. The zero-order valence-electron chi connectivity index (χ0n) is 21.8. The smallest absolute Gasteiger partial charge is 0.268 e. The Balaban J connectivity index is 1.29. The zero-order valence-corrected chi connectivity index (χ0v) is 24.2. The Morgan fingerprint density at radius 1 is 1.12 bits per heavy atom. The van der Waals surface area contributed by atoms with Crippen molar-refractivity contribution in [2.45, 2.75) is 25.6 Å². The van der Waals surface area contributed by atoms with Gasteiger partial charge in [-0.1, -0.05) is 23.7 Å². The van der Waals surface area contributed by atoms with Gasteiger partial charge in [0.05, 0.1) is 28.7 Å². The number of thioether (sulfide) groups is 1. The molecule has 1 aromatic heterocycles. The molecule has 9 nitrogen and oxygen atoms in total. The van der Waals surface area contributed by atoms with Crippen molar-refractivity contribution in [3.8, 4) is 0 Å². The van der Waals surface area contributed by atoms with Crippen LogP contribution in [0.25, 0.3) is 17.0 Å². The van der Waals surface area contributed by atoms with Crippen molar-refractivity contribution >= 4 is 61.7 Å². The second-order valence-electron chi connectivity index (χ2n) is 9.69. The minimum absolute atomic E-state index is 0.0143. The van der Waals surface area contributed by atoms with Crippen molar-refractivity contribution in [1.82, 2.24) is 23.3 Å². The molecule has 2 saturated heterocycles. The van der Waals surface area contributed by atoms with E-state index in [1.807, 2.05) is 0 Å². The number of rotatable bonds is 8. The Kier molecular flexibility index (Phi) is 8.23. The van der Waals surface area contributed by atoms with E-state index in [9.17, 15) is 31.2 Å². The summed E-state index contributed by atoms with van der Waals surface area (Å²) in [6.45, 7) is 0.669. The number of benzene rings is 2. The molecular formula is C26H25ClF3N5O4S2. The van der Waals surface area contributed by atoms with Crippen LogP contribution in [-0.2, 0) is 27.7 Å². The van der Waals surface area contributed by atoms with Gasteiger partial charge >= 0.3 is 6.18 Å². The molecule has 3 aromatic rings. The fraction of sp³-hybridized carbons (Fsp3) is 0.346. The quantitative estimate of drug-likeness (QED) is 0.324. The van der Waals surface area contributed by atoms with Crippen molar-refractivity contribution < 1.29 is 31.2 Å². The largest absolute Gasteiger partial charge is 0.416 e. The van der Waals surface area contributed by atoms with Gasteiger partial charge in [-0.25, -0.2) is 0 Å². The number of carbonyl (C=O) groups excluding carboxylic acids is 2. The first-order chi connectivity index (χ1) is 19.3. The number of aromatic nitrogens is 2. The minimum Gasteiger partial charge on any atom is -0.268 e. The third-order valence-electron chi connectivity index (χ3n) is 6.96. The second kappa shape index (κ2) is 11.4. The molecular weight excluding hydrogens is 603 g/mol. The molecule has 41 heavy (non-hydrogen) atoms. The summed E-state index contributed by atoms with van der Waals surface area (Å²) in [5.41, 5.74) is 0.365. The molecule has 0 atom stereocenters. The monoisotopic (exact) mass is 627 g/mol. The molecule has 2 aliphatic rings. The summed E-state index contributed by atoms with van der Waals surface area (Å²) in [7, 11) is -2.23. The maximum atomic E-state index is 13.5. The lowest BCUT2D eigenvalue weighted by molar-refractivity contribution is -0.138. The van der Waals surface area contributed by atoms with Crippen LogP contribution in [0.2, 0.25) is 5.02 Å². The van der Waals surface area contributed by atoms with Gasteiger partial charge in [-0.05, 0) is 66.1 Å². The van der Waals surface area contributed by atoms with Gasteiger partial charge < -0.3 is 0 Å². The standard InChI is InChI=1S/C26H25ClF3N5O4S2/c1-32(41(38,39)33-8-2-3-9-33)10-11-34-24(36)23(40-25(34)37)13-17-4-7-22-19(12-17)15-31-35(22)16-18-5-6-20(27)14-21(18)26(28,29)30/h4-7,12-15H,2-3,8-11,16H2,1H3/b23-13-. The predicted molar refractivity (Wildman–Crippen MR) is 150 cm³/mol. The molecule has 2 amide bonds. The Morgan fingerprint density at radius 2 is 1.85 bits per heavy atom. The van der Waals surface area contributed by atoms with Gasteiger partial charge in [-0.2, -0.15) is 35.3 Å². The fourth-order valence-electron chi connectivity index (χ4n) is 4.75. The average molecular weight is 628 g/mol. The number of hydrogen-bond donors (Lipinski definition) is 0. The van der Waals surface area contributed by atoms with Gasteiger partial charge in [0.15, 0.2) is 0 Å². The molecule has 2 fully saturated rings. The van der Waals surface area contributed by atoms with Crippen LogP contribution in [0.3, 0.4) is 0 Å². The molecule has 5 rings (SSSR count). The summed E-state index contributed by atoms with van der Waals surface area (Å²) < 4.78 is 69.9. The summed E-state index contributed by atoms with van der Waals surface area (Å²) >= 11 is 6.54. The predicted octanol–water partition coefficient (Wildman–Crippen LogP) is 5.07. The molecule has 0 spiro atoms. The highest BCUT2D eigenvalue weighted by Gasteiger charge is 2.37. The van der Waals surface area contributed by atoms with Gasteiger partial charge in [0.1, 0.15) is 0 Å². The van der Waals surface area contributed by atoms with Crippen molar-refractivity contribution in [1.29, 1.82) is 0 Å². The lowest BCUT2D eigenvalue weighted by atomic mass is 10.1. The van der Waals surface area contributed by atoms with Gasteiger partial charge in [-0.3, -0.25) is 19.2 Å². The van der Waals surface area contributed by atoms with Crippen LogP contribution < -0.4 is 0 Å². The van der Waals surface area contributed by atoms with E-state index >= 15 is 0 Å². The molecule has 15 heteroatoms. The summed E-state index contributed by atoms with van der Waals surface area (Å²) in [4.78, 5) is 26.7. The fourth-order valence-corrected chi connectivity index (χ4v) is 7.21. The summed E-state index contributed by atoms with van der Waals surface area (Å²) in [5, 5.41) is 4.37. The Hall–Kier alpha value is -2.91. The lowest BCUT2D eigenvalue weighted by Gasteiger charge is -2.25. The van der Waals surface area contributed by atoms with Gasteiger partial charge in [0.2, 0.25) is 0 Å². The Labute approximate surface area is 243 Å². The zero-order chi connectivity index (χ0) is 29.5. The first-order valence-corrected chi connectivity index (χ1v) is 15.2. The van der Waals surface area contributed by atoms with Crippen LogP contribution in [0.5, 0.6) is 0 Å². The third kappa shape index (κ3) is 6.16. The number of carbonyl (C=O) groups is 2. The van der Waals surface area contributed by atoms with Crippen LogP contribution in [0.1, 0.15) is 29.5 Å². The Bertz CT molecular complexity index is 1650. The third-order valence-corrected chi connectivity index (χ3v) is 10.1. The highest BCUT2D eigenvalue weighted by molar-refractivity contribution is 8.18. The molecule has 2 aliphatic heterocycles. The lowest BCUT2D eigenvalue weighted by Crippen LogP contribution is -2.44. The highest BCUT2D eigenvalue weighted by Crippen LogP contribution is 2.35. The van der Waals surface area contributed by atoms with E-state index in [4.69, 9.17) is 11.6 Å². The highest BCUT2D eigenvalue weighted by atomic mass is 35.5. The van der Waals surface area contributed by atoms with Crippen LogP contribution >= 0.6 is 23.4 Å². The molecule has 218 valence electrons. The van der Waals surface area contributed by atoms with Gasteiger partial charge in [0.25, 0.3) is 21.4 Å². The number of alkyl halides is 3. The summed E-state index contributed by atoms with van der Waals surface area (Å²) in [6, 6.07) is 8.68. The van der Waals surface area contributed by atoms with E-state index in [-0.39, 0.29) is 35.1 Å².